The molecule has 0 radical (unpaired) electrons. The molecule has 1 saturated heterocycles. The molecule has 0 atom stereocenters. The van der Waals surface area contributed by atoms with Gasteiger partial charge in [-0.2, -0.15) is 0 Å². The van der Waals surface area contributed by atoms with Gasteiger partial charge in [-0.1, -0.05) is 25.9 Å². The zero-order valence-electron chi connectivity index (χ0n) is 9.75. The fourth-order valence-corrected chi connectivity index (χ4v) is 1.83. The van der Waals surface area contributed by atoms with Crippen molar-refractivity contribution in [1.82, 2.24) is 5.16 Å². The van der Waals surface area contributed by atoms with Gasteiger partial charge < -0.3 is 9.26 Å². The van der Waals surface area contributed by atoms with Gasteiger partial charge in [0, 0.05) is 30.6 Å². The molecule has 0 saturated carbocycles. The first kappa shape index (κ1) is 10.7. The molecule has 84 valence electrons. The van der Waals surface area contributed by atoms with Crippen LogP contribution in [0.4, 0.5) is 0 Å². The molecule has 1 aromatic rings. The number of hydrogen-bond donors (Lipinski definition) is 0. The second-order valence-electron chi connectivity index (χ2n) is 5.25. The van der Waals surface area contributed by atoms with Gasteiger partial charge >= 0.3 is 0 Å². The molecule has 3 heteroatoms. The molecule has 0 N–H and O–H groups in total. The lowest BCUT2D eigenvalue weighted by atomic mass is 9.90. The van der Waals surface area contributed by atoms with Gasteiger partial charge in [-0.05, 0) is 12.8 Å². The lowest BCUT2D eigenvalue weighted by Gasteiger charge is -2.19. The standard InChI is InChI=1S/C12H19NO2/c1-12(2,3)11-8-10(13-15-11)9-4-6-14-7-5-9/h8-9H,4-7H2,1-3H3. The van der Waals surface area contributed by atoms with E-state index in [4.69, 9.17) is 9.26 Å². The van der Waals surface area contributed by atoms with Crippen LogP contribution in [-0.4, -0.2) is 18.4 Å². The fourth-order valence-electron chi connectivity index (χ4n) is 1.83. The molecule has 3 nitrogen and oxygen atoms in total. The van der Waals surface area contributed by atoms with Crippen LogP contribution < -0.4 is 0 Å². The van der Waals surface area contributed by atoms with E-state index in [-0.39, 0.29) is 5.41 Å². The van der Waals surface area contributed by atoms with Gasteiger partial charge in [-0.15, -0.1) is 0 Å². The van der Waals surface area contributed by atoms with Crippen molar-refractivity contribution < 1.29 is 9.26 Å². The summed E-state index contributed by atoms with van der Waals surface area (Å²) in [5, 5.41) is 4.18. The minimum Gasteiger partial charge on any atom is -0.381 e. The van der Waals surface area contributed by atoms with E-state index in [9.17, 15) is 0 Å². The molecule has 0 spiro atoms. The van der Waals surface area contributed by atoms with Crippen LogP contribution in [0.1, 0.15) is 51.0 Å². The minimum atomic E-state index is 0.0520. The summed E-state index contributed by atoms with van der Waals surface area (Å²) in [5.74, 6) is 1.50. The maximum atomic E-state index is 5.39. The van der Waals surface area contributed by atoms with Crippen molar-refractivity contribution in [3.05, 3.63) is 17.5 Å². The summed E-state index contributed by atoms with van der Waals surface area (Å²) < 4.78 is 10.7. The number of aromatic nitrogens is 1. The third-order valence-corrected chi connectivity index (χ3v) is 2.91. The summed E-state index contributed by atoms with van der Waals surface area (Å²) in [6, 6.07) is 2.11. The summed E-state index contributed by atoms with van der Waals surface area (Å²) in [6.07, 6.45) is 2.13. The molecule has 1 fully saturated rings. The van der Waals surface area contributed by atoms with Gasteiger partial charge in [-0.3, -0.25) is 0 Å². The Morgan fingerprint density at radius 3 is 2.47 bits per heavy atom. The highest BCUT2D eigenvalue weighted by atomic mass is 16.5. The summed E-state index contributed by atoms with van der Waals surface area (Å²) >= 11 is 0. The normalized spacial score (nSPS) is 19.4. The lowest BCUT2D eigenvalue weighted by Crippen LogP contribution is -2.14. The minimum absolute atomic E-state index is 0.0520. The van der Waals surface area contributed by atoms with E-state index in [1.807, 2.05) is 0 Å². The third kappa shape index (κ3) is 2.40. The zero-order chi connectivity index (χ0) is 10.9. The molecular weight excluding hydrogens is 190 g/mol. The second kappa shape index (κ2) is 3.97. The van der Waals surface area contributed by atoms with E-state index < -0.39 is 0 Å². The summed E-state index contributed by atoms with van der Waals surface area (Å²) in [5.41, 5.74) is 1.15. The Balaban J connectivity index is 2.12. The zero-order valence-corrected chi connectivity index (χ0v) is 9.75. The Morgan fingerprint density at radius 1 is 1.27 bits per heavy atom. The molecule has 0 aliphatic carbocycles. The topological polar surface area (TPSA) is 35.3 Å². The quantitative estimate of drug-likeness (QED) is 0.713. The summed E-state index contributed by atoms with van der Waals surface area (Å²) in [4.78, 5) is 0. The Labute approximate surface area is 90.8 Å². The summed E-state index contributed by atoms with van der Waals surface area (Å²) in [6.45, 7) is 8.12. The highest BCUT2D eigenvalue weighted by molar-refractivity contribution is 5.16. The Bertz CT molecular complexity index is 319. The molecule has 1 aliphatic heterocycles. The Kier molecular flexibility index (Phi) is 2.83. The van der Waals surface area contributed by atoms with Gasteiger partial charge in [-0.25, -0.2) is 0 Å². The molecule has 0 bridgehead atoms. The highest BCUT2D eigenvalue weighted by Crippen LogP contribution is 2.30. The van der Waals surface area contributed by atoms with E-state index >= 15 is 0 Å². The van der Waals surface area contributed by atoms with Crippen molar-refractivity contribution in [2.24, 2.45) is 0 Å². The molecule has 15 heavy (non-hydrogen) atoms. The molecule has 2 heterocycles. The molecule has 0 unspecified atom stereocenters. The van der Waals surface area contributed by atoms with Crippen LogP contribution in [0.5, 0.6) is 0 Å². The first-order valence-corrected chi connectivity index (χ1v) is 5.62. The van der Waals surface area contributed by atoms with Crippen molar-refractivity contribution in [2.75, 3.05) is 13.2 Å². The van der Waals surface area contributed by atoms with Crippen LogP contribution in [0, 0.1) is 0 Å². The van der Waals surface area contributed by atoms with E-state index in [1.165, 1.54) is 0 Å². The predicted molar refractivity (Wildman–Crippen MR) is 58.0 cm³/mol. The van der Waals surface area contributed by atoms with Crippen molar-refractivity contribution in [3.63, 3.8) is 0 Å². The Hall–Kier alpha value is -0.830. The fraction of sp³-hybridized carbons (Fsp3) is 0.750. The monoisotopic (exact) mass is 209 g/mol. The first-order chi connectivity index (χ1) is 7.07. The van der Waals surface area contributed by atoms with Gasteiger partial charge in [0.2, 0.25) is 0 Å². The summed E-state index contributed by atoms with van der Waals surface area (Å²) in [7, 11) is 0. The van der Waals surface area contributed by atoms with E-state index in [0.717, 1.165) is 37.5 Å². The number of hydrogen-bond acceptors (Lipinski definition) is 3. The van der Waals surface area contributed by atoms with Gasteiger partial charge in [0.1, 0.15) is 5.76 Å². The maximum absolute atomic E-state index is 5.39. The molecule has 1 aliphatic rings. The van der Waals surface area contributed by atoms with Gasteiger partial charge in [0.05, 0.1) is 5.69 Å². The van der Waals surface area contributed by atoms with Crippen molar-refractivity contribution in [2.45, 2.75) is 44.9 Å². The van der Waals surface area contributed by atoms with Gasteiger partial charge in [0.25, 0.3) is 0 Å². The maximum Gasteiger partial charge on any atom is 0.142 e. The van der Waals surface area contributed by atoms with E-state index in [2.05, 4.69) is 32.0 Å². The lowest BCUT2D eigenvalue weighted by molar-refractivity contribution is 0.0837. The molecule has 1 aromatic heterocycles. The first-order valence-electron chi connectivity index (χ1n) is 5.62. The Morgan fingerprint density at radius 2 is 1.93 bits per heavy atom. The van der Waals surface area contributed by atoms with Crippen molar-refractivity contribution >= 4 is 0 Å². The number of ether oxygens (including phenoxy) is 1. The SMILES string of the molecule is CC(C)(C)c1cc(C2CCOCC2)no1. The average molecular weight is 209 g/mol. The predicted octanol–water partition coefficient (Wildman–Crippen LogP) is 2.87. The number of rotatable bonds is 1. The highest BCUT2D eigenvalue weighted by Gasteiger charge is 2.24. The van der Waals surface area contributed by atoms with Crippen molar-refractivity contribution in [3.8, 4) is 0 Å². The largest absolute Gasteiger partial charge is 0.381 e. The van der Waals surface area contributed by atoms with Crippen LogP contribution in [-0.2, 0) is 10.2 Å². The second-order valence-corrected chi connectivity index (χ2v) is 5.25. The van der Waals surface area contributed by atoms with E-state index in [0.29, 0.717) is 5.92 Å². The third-order valence-electron chi connectivity index (χ3n) is 2.91. The van der Waals surface area contributed by atoms with Crippen LogP contribution in [0.15, 0.2) is 10.6 Å². The smallest absolute Gasteiger partial charge is 0.142 e. The molecular formula is C12H19NO2. The molecule has 0 amide bonds. The molecule has 0 aromatic carbocycles. The van der Waals surface area contributed by atoms with Crippen molar-refractivity contribution in [1.29, 1.82) is 0 Å². The van der Waals surface area contributed by atoms with Crippen LogP contribution in [0.2, 0.25) is 0 Å². The molecule has 2 rings (SSSR count). The van der Waals surface area contributed by atoms with Gasteiger partial charge in [0.15, 0.2) is 0 Å². The van der Waals surface area contributed by atoms with E-state index in [1.54, 1.807) is 0 Å². The van der Waals surface area contributed by atoms with Crippen LogP contribution in [0.3, 0.4) is 0 Å². The average Bonchev–Trinajstić information content (AvgIpc) is 2.67. The van der Waals surface area contributed by atoms with Crippen LogP contribution >= 0.6 is 0 Å². The van der Waals surface area contributed by atoms with Crippen LogP contribution in [0.25, 0.3) is 0 Å². The number of nitrogens with zero attached hydrogens (tertiary/aromatic N) is 1.